The Balaban J connectivity index is 2.24. The van der Waals surface area contributed by atoms with Crippen LogP contribution >= 0.6 is 23.1 Å². The third-order valence-electron chi connectivity index (χ3n) is 1.22. The van der Waals surface area contributed by atoms with Crippen LogP contribution in [0.2, 0.25) is 0 Å². The molecule has 12 heavy (non-hydrogen) atoms. The van der Waals surface area contributed by atoms with E-state index in [2.05, 4.69) is 24.3 Å². The summed E-state index contributed by atoms with van der Waals surface area (Å²) in [5, 5.41) is 7.70. The zero-order valence-corrected chi connectivity index (χ0v) is 9.48. The molecule has 0 fully saturated rings. The lowest BCUT2D eigenvalue weighted by molar-refractivity contribution is -0.855. The maximum atomic E-state index is 4.86. The normalized spacial score (nSPS) is 10.9. The molecule has 0 bridgehead atoms. The number of quaternary nitrogens is 1. The van der Waals surface area contributed by atoms with Gasteiger partial charge in [0.05, 0.1) is 25.0 Å². The lowest BCUT2D eigenvalue weighted by Crippen LogP contribution is -3.06. The Morgan fingerprint density at radius 1 is 1.50 bits per heavy atom. The van der Waals surface area contributed by atoms with E-state index in [4.69, 9.17) is 12.6 Å². The highest BCUT2D eigenvalue weighted by Gasteiger charge is 1.96. The summed E-state index contributed by atoms with van der Waals surface area (Å²) in [4.78, 5) is 1.45. The molecule has 68 valence electrons. The van der Waals surface area contributed by atoms with Crippen molar-refractivity contribution in [2.75, 3.05) is 26.4 Å². The molecule has 1 rings (SSSR count). The van der Waals surface area contributed by atoms with Gasteiger partial charge in [-0.15, -0.1) is 11.8 Å². The van der Waals surface area contributed by atoms with Crippen LogP contribution in [-0.2, 0) is 12.6 Å². The summed E-state index contributed by atoms with van der Waals surface area (Å²) >= 11 is 8.07. The summed E-state index contributed by atoms with van der Waals surface area (Å²) in [5.41, 5.74) is 0. The van der Waals surface area contributed by atoms with Gasteiger partial charge in [0.2, 0.25) is 0 Å². The zero-order chi connectivity index (χ0) is 8.97. The average Bonchev–Trinajstić information content (AvgIpc) is 2.35. The van der Waals surface area contributed by atoms with E-state index in [-0.39, 0.29) is 0 Å². The molecule has 0 aromatic carbocycles. The molecule has 0 saturated carbocycles. The van der Waals surface area contributed by atoms with Crippen LogP contribution in [0.5, 0.6) is 0 Å². The first-order valence-electron chi connectivity index (χ1n) is 3.61. The fourth-order valence-corrected chi connectivity index (χ4v) is 2.85. The van der Waals surface area contributed by atoms with Gasteiger partial charge in [0.25, 0.3) is 0 Å². The van der Waals surface area contributed by atoms with Gasteiger partial charge in [-0.05, 0) is 4.34 Å². The van der Waals surface area contributed by atoms with Crippen molar-refractivity contribution in [2.45, 2.75) is 8.68 Å². The van der Waals surface area contributed by atoms with Crippen LogP contribution in [0.3, 0.4) is 0 Å². The lowest BCUT2D eigenvalue weighted by atomic mass is 10.7. The molecule has 0 saturated heterocycles. The van der Waals surface area contributed by atoms with Crippen molar-refractivity contribution in [1.29, 1.82) is 0 Å². The summed E-state index contributed by atoms with van der Waals surface area (Å²) in [6, 6.07) is 0. The molecule has 1 aromatic heterocycles. The van der Waals surface area contributed by atoms with Crippen LogP contribution in [0, 0.1) is 0 Å². The van der Waals surface area contributed by atoms with Crippen LogP contribution in [-0.4, -0.2) is 36.6 Å². The Labute approximate surface area is 86.0 Å². The fraction of sp³-hybridized carbons (Fsp3) is 0.667. The molecule has 0 radical (unpaired) electrons. The number of nitrogens with zero attached hydrogens (tertiary/aromatic N) is 2. The topological polar surface area (TPSA) is 30.2 Å². The van der Waals surface area contributed by atoms with E-state index < -0.39 is 0 Å². The Bertz CT molecular complexity index is 236. The van der Waals surface area contributed by atoms with Gasteiger partial charge in [0.1, 0.15) is 0 Å². The minimum atomic E-state index is 0.634. The summed E-state index contributed by atoms with van der Waals surface area (Å²) in [6.07, 6.45) is 0. The highest BCUT2D eigenvalue weighted by atomic mass is 32.2. The predicted octanol–water partition coefficient (Wildman–Crippen LogP) is -0.320. The van der Waals surface area contributed by atoms with Crippen LogP contribution in [0.25, 0.3) is 0 Å². The molecule has 0 unspecified atom stereocenters. The van der Waals surface area contributed by atoms with E-state index in [1.54, 1.807) is 11.8 Å². The van der Waals surface area contributed by atoms with Crippen LogP contribution in [0.15, 0.2) is 8.68 Å². The summed E-state index contributed by atoms with van der Waals surface area (Å²) in [5.74, 6) is 1.08. The van der Waals surface area contributed by atoms with E-state index >= 15 is 0 Å². The van der Waals surface area contributed by atoms with Gasteiger partial charge in [0, 0.05) is 5.75 Å². The monoisotopic (exact) mass is 221 g/mol. The fourth-order valence-electron chi connectivity index (χ4n) is 0.598. The van der Waals surface area contributed by atoms with Crippen molar-refractivity contribution in [1.82, 2.24) is 10.2 Å². The molecule has 0 atom stereocenters. The first-order valence-corrected chi connectivity index (χ1v) is 5.82. The van der Waals surface area contributed by atoms with Gasteiger partial charge < -0.3 is 28.9 Å². The minimum absolute atomic E-state index is 0.634. The number of thioether (sulfide) groups is 1. The maximum absolute atomic E-state index is 4.86. The summed E-state index contributed by atoms with van der Waals surface area (Å²) in [7, 11) is 4.28. The van der Waals surface area contributed by atoms with Crippen molar-refractivity contribution in [3.63, 3.8) is 0 Å². The van der Waals surface area contributed by atoms with E-state index in [0.29, 0.717) is 4.34 Å². The molecule has 0 aliphatic carbocycles. The predicted molar refractivity (Wildman–Crippen MR) is 53.9 cm³/mol. The molecule has 1 aromatic rings. The molecule has 1 N–H and O–H groups in total. The van der Waals surface area contributed by atoms with Gasteiger partial charge in [0.15, 0.2) is 0 Å². The smallest absolute Gasteiger partial charge is 0.0862 e. The van der Waals surface area contributed by atoms with Gasteiger partial charge in [-0.3, -0.25) is 0 Å². The van der Waals surface area contributed by atoms with Crippen molar-refractivity contribution in [3.05, 3.63) is 0 Å². The Morgan fingerprint density at radius 3 is 2.75 bits per heavy atom. The third-order valence-corrected chi connectivity index (χ3v) is 3.40. The van der Waals surface area contributed by atoms with E-state index in [9.17, 15) is 0 Å². The van der Waals surface area contributed by atoms with Gasteiger partial charge in [-0.2, -0.15) is 10.2 Å². The number of hydrogen-bond donors (Lipinski definition) is 1. The van der Waals surface area contributed by atoms with Gasteiger partial charge in [-0.1, -0.05) is 0 Å². The number of aromatic nitrogens is 2. The standard InChI is InChI=1S/C6H11N3S3/c1-9(2)3-4-11-6-8-7-5(10)12-6/h3-4H2,1-2H3,(H,7,10). The summed E-state index contributed by atoms with van der Waals surface area (Å²) < 4.78 is 1.62. The highest BCUT2D eigenvalue weighted by Crippen LogP contribution is 2.20. The van der Waals surface area contributed by atoms with E-state index in [1.807, 2.05) is 0 Å². The van der Waals surface area contributed by atoms with Crippen LogP contribution < -0.4 is 4.90 Å². The van der Waals surface area contributed by atoms with Gasteiger partial charge >= 0.3 is 0 Å². The number of hydrogen-bond acceptors (Lipinski definition) is 5. The molecule has 0 aliphatic rings. The van der Waals surface area contributed by atoms with Gasteiger partial charge in [-0.25, -0.2) is 0 Å². The lowest BCUT2D eigenvalue weighted by Gasteiger charge is -2.05. The Hall–Kier alpha value is 0.0900. The zero-order valence-electron chi connectivity index (χ0n) is 7.03. The minimum Gasteiger partial charge on any atom is -0.406 e. The van der Waals surface area contributed by atoms with Crippen molar-refractivity contribution >= 4 is 35.7 Å². The third kappa shape index (κ3) is 3.66. The average molecular weight is 221 g/mol. The number of nitrogens with one attached hydrogen (secondary N) is 1. The first kappa shape index (κ1) is 10.2. The largest absolute Gasteiger partial charge is 0.406 e. The quantitative estimate of drug-likeness (QED) is 0.558. The van der Waals surface area contributed by atoms with Crippen molar-refractivity contribution < 1.29 is 4.90 Å². The SMILES string of the molecule is C[NH+](C)CCSc1nnc([S-])s1. The second kappa shape index (κ2) is 4.96. The second-order valence-corrected chi connectivity index (χ2v) is 5.60. The van der Waals surface area contributed by atoms with Crippen molar-refractivity contribution in [3.8, 4) is 0 Å². The molecule has 0 amide bonds. The number of rotatable bonds is 4. The molecule has 3 nitrogen and oxygen atoms in total. The van der Waals surface area contributed by atoms with Crippen LogP contribution in [0.1, 0.15) is 0 Å². The van der Waals surface area contributed by atoms with Crippen LogP contribution in [0.4, 0.5) is 0 Å². The summed E-state index contributed by atoms with van der Waals surface area (Å²) in [6.45, 7) is 1.14. The first-order chi connectivity index (χ1) is 5.68. The molecule has 6 heteroatoms. The molecular weight excluding hydrogens is 210 g/mol. The highest BCUT2D eigenvalue weighted by molar-refractivity contribution is 8.01. The molecule has 0 spiro atoms. The molecule has 1 heterocycles. The maximum Gasteiger partial charge on any atom is 0.0862 e. The van der Waals surface area contributed by atoms with E-state index in [1.165, 1.54) is 16.2 Å². The second-order valence-electron chi connectivity index (χ2n) is 2.64. The molecule has 0 aliphatic heterocycles. The Morgan fingerprint density at radius 2 is 2.25 bits per heavy atom. The van der Waals surface area contributed by atoms with Crippen molar-refractivity contribution in [2.24, 2.45) is 0 Å². The van der Waals surface area contributed by atoms with E-state index in [0.717, 1.165) is 16.6 Å². The molecular formula is C6H11N3S3. The Kier molecular flexibility index (Phi) is 4.20.